The molecule has 1 atom stereocenters. The van der Waals surface area contributed by atoms with Crippen molar-refractivity contribution < 1.29 is 18.0 Å². The molecule has 4 aromatic carbocycles. The summed E-state index contributed by atoms with van der Waals surface area (Å²) in [5, 5.41) is 3.65. The minimum absolute atomic E-state index is 0.0436. The molecule has 7 nitrogen and oxygen atoms in total. The predicted molar refractivity (Wildman–Crippen MR) is 186 cm³/mol. The van der Waals surface area contributed by atoms with E-state index in [1.165, 1.54) is 17.0 Å². The fourth-order valence-electron chi connectivity index (χ4n) is 5.84. The molecule has 2 amide bonds. The number of nitrogens with zero attached hydrogens (tertiary/aromatic N) is 2. The molecule has 0 spiro atoms. The lowest BCUT2D eigenvalue weighted by Gasteiger charge is -2.34. The molecule has 5 rings (SSSR count). The molecule has 46 heavy (non-hydrogen) atoms. The van der Waals surface area contributed by atoms with E-state index in [9.17, 15) is 18.0 Å². The number of halogens is 2. The molecule has 240 valence electrons. The van der Waals surface area contributed by atoms with E-state index in [4.69, 9.17) is 11.6 Å². The summed E-state index contributed by atoms with van der Waals surface area (Å²) in [6, 6.07) is 29.2. The summed E-state index contributed by atoms with van der Waals surface area (Å²) in [4.78, 5) is 30.3. The van der Waals surface area contributed by atoms with E-state index in [0.29, 0.717) is 16.3 Å². The normalized spacial score (nSPS) is 14.1. The molecular weight excluding hydrogens is 686 g/mol. The van der Waals surface area contributed by atoms with E-state index in [1.807, 2.05) is 54.6 Å². The highest BCUT2D eigenvalue weighted by atomic mass is 79.9. The largest absolute Gasteiger partial charge is 0.352 e. The highest BCUT2D eigenvalue weighted by Crippen LogP contribution is 2.30. The van der Waals surface area contributed by atoms with Gasteiger partial charge in [-0.3, -0.25) is 13.9 Å². The van der Waals surface area contributed by atoms with Crippen LogP contribution in [-0.2, 0) is 32.6 Å². The minimum atomic E-state index is -4.18. The zero-order valence-electron chi connectivity index (χ0n) is 25.6. The summed E-state index contributed by atoms with van der Waals surface area (Å²) < 4.78 is 30.4. The van der Waals surface area contributed by atoms with Crippen LogP contribution in [0.25, 0.3) is 0 Å². The number of amides is 2. The standard InChI is InChI=1S/C36H37BrClN3O4S/c1-26-22-30(38)20-21-33(26)41(46(44,45)32-14-6-3-7-15-32)25-35(42)40(24-28-16-18-29(37)19-17-28)34(23-27-10-4-2-5-11-27)36(43)39-31-12-8-9-13-31/h2-7,10-11,14-22,31,34H,8-9,12-13,23-25H2,1H3,(H,39,43)/t34-/m1/s1. The van der Waals surface area contributed by atoms with Crippen LogP contribution in [0, 0.1) is 6.92 Å². The Hall–Kier alpha value is -3.66. The second-order valence-corrected chi connectivity index (χ2v) is 14.8. The van der Waals surface area contributed by atoms with Gasteiger partial charge in [-0.15, -0.1) is 0 Å². The monoisotopic (exact) mass is 721 g/mol. The number of hydrogen-bond donors (Lipinski definition) is 1. The van der Waals surface area contributed by atoms with Gasteiger partial charge in [0.15, 0.2) is 0 Å². The molecule has 1 aliphatic carbocycles. The summed E-state index contributed by atoms with van der Waals surface area (Å²) in [6.45, 7) is 1.35. The van der Waals surface area contributed by atoms with Gasteiger partial charge in [0.2, 0.25) is 11.8 Å². The van der Waals surface area contributed by atoms with Gasteiger partial charge in [0.25, 0.3) is 10.0 Å². The third kappa shape index (κ3) is 8.37. The number of nitrogens with one attached hydrogen (secondary N) is 1. The van der Waals surface area contributed by atoms with Gasteiger partial charge in [-0.1, -0.05) is 101 Å². The maximum Gasteiger partial charge on any atom is 0.264 e. The Morgan fingerprint density at radius 1 is 0.891 bits per heavy atom. The summed E-state index contributed by atoms with van der Waals surface area (Å²) >= 11 is 9.72. The quantitative estimate of drug-likeness (QED) is 0.166. The van der Waals surface area contributed by atoms with E-state index in [1.54, 1.807) is 43.3 Å². The number of rotatable bonds is 12. The van der Waals surface area contributed by atoms with Crippen LogP contribution < -0.4 is 9.62 Å². The van der Waals surface area contributed by atoms with Crippen molar-refractivity contribution in [3.05, 3.63) is 129 Å². The predicted octanol–water partition coefficient (Wildman–Crippen LogP) is 7.31. The van der Waals surface area contributed by atoms with Crippen LogP contribution in [0.4, 0.5) is 5.69 Å². The van der Waals surface area contributed by atoms with Gasteiger partial charge in [-0.25, -0.2) is 8.42 Å². The van der Waals surface area contributed by atoms with Gasteiger partial charge >= 0.3 is 0 Å². The Morgan fingerprint density at radius 2 is 1.52 bits per heavy atom. The lowest BCUT2D eigenvalue weighted by Crippen LogP contribution is -2.54. The first-order valence-corrected chi connectivity index (χ1v) is 17.9. The first-order chi connectivity index (χ1) is 22.1. The minimum Gasteiger partial charge on any atom is -0.352 e. The van der Waals surface area contributed by atoms with E-state index in [2.05, 4.69) is 21.2 Å². The van der Waals surface area contributed by atoms with Crippen LogP contribution in [0.1, 0.15) is 42.4 Å². The van der Waals surface area contributed by atoms with E-state index in [0.717, 1.165) is 45.6 Å². The Labute approximate surface area is 284 Å². The van der Waals surface area contributed by atoms with Crippen LogP contribution in [0.2, 0.25) is 5.02 Å². The molecule has 0 aliphatic heterocycles. The molecule has 0 heterocycles. The van der Waals surface area contributed by atoms with Crippen molar-refractivity contribution >= 4 is 55.1 Å². The van der Waals surface area contributed by atoms with Crippen LogP contribution in [0.3, 0.4) is 0 Å². The Bertz CT molecular complexity index is 1750. The SMILES string of the molecule is Cc1cc(Cl)ccc1N(CC(=O)N(Cc1ccc(Br)cc1)[C@H](Cc1ccccc1)C(=O)NC1CCCC1)S(=O)(=O)c1ccccc1. The number of aryl methyl sites for hydroxylation is 1. The van der Waals surface area contributed by atoms with Gasteiger partial charge in [-0.2, -0.15) is 0 Å². The van der Waals surface area contributed by atoms with Crippen molar-refractivity contribution in [2.45, 2.75) is 62.6 Å². The van der Waals surface area contributed by atoms with Crippen LogP contribution >= 0.6 is 27.5 Å². The maximum absolute atomic E-state index is 14.6. The van der Waals surface area contributed by atoms with E-state index in [-0.39, 0.29) is 29.8 Å². The zero-order chi connectivity index (χ0) is 32.7. The number of hydrogen-bond acceptors (Lipinski definition) is 4. The second-order valence-electron chi connectivity index (χ2n) is 11.6. The number of anilines is 1. The van der Waals surface area contributed by atoms with Crippen molar-refractivity contribution in [3.63, 3.8) is 0 Å². The molecule has 4 aromatic rings. The Balaban J connectivity index is 1.57. The topological polar surface area (TPSA) is 86.8 Å². The average Bonchev–Trinajstić information content (AvgIpc) is 3.56. The van der Waals surface area contributed by atoms with Crippen molar-refractivity contribution in [2.24, 2.45) is 0 Å². The number of sulfonamides is 1. The summed E-state index contributed by atoms with van der Waals surface area (Å²) in [5.41, 5.74) is 2.63. The number of carbonyl (C=O) groups is 2. The van der Waals surface area contributed by atoms with E-state index < -0.39 is 28.5 Å². The third-order valence-corrected chi connectivity index (χ3v) is 10.8. The molecule has 1 N–H and O–H groups in total. The van der Waals surface area contributed by atoms with Gasteiger partial charge in [0, 0.05) is 28.5 Å². The Kier molecular flexibility index (Phi) is 11.2. The smallest absolute Gasteiger partial charge is 0.264 e. The molecule has 10 heteroatoms. The maximum atomic E-state index is 14.6. The molecule has 0 saturated heterocycles. The average molecular weight is 723 g/mol. The summed E-state index contributed by atoms with van der Waals surface area (Å²) in [7, 11) is -4.18. The highest BCUT2D eigenvalue weighted by molar-refractivity contribution is 9.10. The second kappa shape index (κ2) is 15.3. The molecule has 1 fully saturated rings. The molecule has 1 saturated carbocycles. The fourth-order valence-corrected chi connectivity index (χ4v) is 7.83. The number of benzene rings is 4. The van der Waals surface area contributed by atoms with Gasteiger partial charge in [-0.05, 0) is 78.9 Å². The molecule has 0 aromatic heterocycles. The van der Waals surface area contributed by atoms with Crippen LogP contribution in [0.5, 0.6) is 0 Å². The van der Waals surface area contributed by atoms with Crippen molar-refractivity contribution in [1.82, 2.24) is 10.2 Å². The number of carbonyl (C=O) groups excluding carboxylic acids is 2. The van der Waals surface area contributed by atoms with E-state index >= 15 is 0 Å². The van der Waals surface area contributed by atoms with Crippen molar-refractivity contribution in [1.29, 1.82) is 0 Å². The highest BCUT2D eigenvalue weighted by Gasteiger charge is 2.36. The van der Waals surface area contributed by atoms with Crippen molar-refractivity contribution in [2.75, 3.05) is 10.8 Å². The van der Waals surface area contributed by atoms with Crippen molar-refractivity contribution in [3.8, 4) is 0 Å². The first kappa shape index (κ1) is 33.7. The molecule has 1 aliphatic rings. The van der Waals surface area contributed by atoms with Gasteiger partial charge < -0.3 is 10.2 Å². The summed E-state index contributed by atoms with van der Waals surface area (Å²) in [6.07, 6.45) is 4.14. The molecule has 0 unspecified atom stereocenters. The molecule has 0 radical (unpaired) electrons. The Morgan fingerprint density at radius 3 is 2.15 bits per heavy atom. The fraction of sp³-hybridized carbons (Fsp3) is 0.278. The lowest BCUT2D eigenvalue weighted by molar-refractivity contribution is -0.140. The van der Waals surface area contributed by atoms with Gasteiger partial charge in [0.05, 0.1) is 10.6 Å². The molecule has 0 bridgehead atoms. The van der Waals surface area contributed by atoms with Crippen LogP contribution in [-0.4, -0.2) is 43.8 Å². The zero-order valence-corrected chi connectivity index (χ0v) is 28.8. The first-order valence-electron chi connectivity index (χ1n) is 15.3. The summed E-state index contributed by atoms with van der Waals surface area (Å²) in [5.74, 6) is -0.749. The lowest BCUT2D eigenvalue weighted by atomic mass is 10.0. The van der Waals surface area contributed by atoms with Crippen LogP contribution in [0.15, 0.2) is 112 Å². The third-order valence-electron chi connectivity index (χ3n) is 8.28. The molecular formula is C36H37BrClN3O4S. The van der Waals surface area contributed by atoms with Gasteiger partial charge in [0.1, 0.15) is 12.6 Å².